The summed E-state index contributed by atoms with van der Waals surface area (Å²) in [6, 6.07) is 8.81. The first-order chi connectivity index (χ1) is 10.3. The minimum atomic E-state index is 0.563. The molecule has 1 aliphatic rings. The van der Waals surface area contributed by atoms with Gasteiger partial charge in [-0.1, -0.05) is 6.07 Å². The van der Waals surface area contributed by atoms with E-state index in [2.05, 4.69) is 28.1 Å². The highest BCUT2D eigenvalue weighted by atomic mass is 35.5. The second-order valence-corrected chi connectivity index (χ2v) is 5.92. The largest absolute Gasteiger partial charge is 0.497 e. The molecule has 4 heteroatoms. The lowest BCUT2D eigenvalue weighted by Crippen LogP contribution is -2.30. The molecule has 0 bridgehead atoms. The average Bonchev–Trinajstić information content (AvgIpc) is 3.00. The van der Waals surface area contributed by atoms with E-state index in [4.69, 9.17) is 16.3 Å². The molecule has 2 heterocycles. The summed E-state index contributed by atoms with van der Waals surface area (Å²) in [5.41, 5.74) is 0. The maximum absolute atomic E-state index is 5.86. The van der Waals surface area contributed by atoms with Gasteiger partial charge >= 0.3 is 0 Å². The second-order valence-electron chi connectivity index (χ2n) is 5.54. The first-order valence-electron chi connectivity index (χ1n) is 7.59. The van der Waals surface area contributed by atoms with Gasteiger partial charge in [-0.15, -0.1) is 11.6 Å². The van der Waals surface area contributed by atoms with E-state index in [0.29, 0.717) is 6.04 Å². The number of hydrogen-bond acceptors (Lipinski definition) is 3. The normalized spacial score (nSPS) is 18.4. The number of ether oxygens (including phenoxy) is 1. The summed E-state index contributed by atoms with van der Waals surface area (Å²) in [4.78, 5) is 7.11. The molecule has 21 heavy (non-hydrogen) atoms. The summed E-state index contributed by atoms with van der Waals surface area (Å²) in [5, 5.41) is 2.39. The molecule has 0 radical (unpaired) electrons. The van der Waals surface area contributed by atoms with Gasteiger partial charge in [-0.3, -0.25) is 0 Å². The number of nitrogens with zero attached hydrogens (tertiary/aromatic N) is 2. The van der Waals surface area contributed by atoms with Gasteiger partial charge in [0.2, 0.25) is 0 Å². The summed E-state index contributed by atoms with van der Waals surface area (Å²) in [5.74, 6) is 2.71. The molecule has 0 aliphatic carbocycles. The van der Waals surface area contributed by atoms with Crippen molar-refractivity contribution in [1.29, 1.82) is 0 Å². The number of benzene rings is 1. The van der Waals surface area contributed by atoms with Crippen molar-refractivity contribution in [2.24, 2.45) is 0 Å². The number of halogens is 1. The van der Waals surface area contributed by atoms with E-state index in [-0.39, 0.29) is 0 Å². The fourth-order valence-corrected chi connectivity index (χ4v) is 3.37. The summed E-state index contributed by atoms with van der Waals surface area (Å²) in [7, 11) is 1.70. The number of fused-ring (bicyclic) bond motifs is 1. The minimum absolute atomic E-state index is 0.563. The Morgan fingerprint density at radius 1 is 1.38 bits per heavy atom. The molecule has 1 fully saturated rings. The maximum Gasteiger partial charge on any atom is 0.136 e. The minimum Gasteiger partial charge on any atom is -0.497 e. The monoisotopic (exact) mass is 304 g/mol. The molecule has 1 aliphatic heterocycles. The number of methoxy groups -OCH3 is 1. The fraction of sp³-hybridized carbons (Fsp3) is 0.471. The van der Waals surface area contributed by atoms with Crippen LogP contribution in [0, 0.1) is 0 Å². The van der Waals surface area contributed by atoms with Gasteiger partial charge in [-0.05, 0) is 49.3 Å². The van der Waals surface area contributed by atoms with Gasteiger partial charge in [0, 0.05) is 30.0 Å². The zero-order valence-corrected chi connectivity index (χ0v) is 13.1. The number of rotatable bonds is 5. The molecule has 1 atom stereocenters. The van der Waals surface area contributed by atoms with Crippen molar-refractivity contribution in [2.75, 3.05) is 24.4 Å². The Balaban J connectivity index is 1.98. The van der Waals surface area contributed by atoms with Crippen molar-refractivity contribution in [3.63, 3.8) is 0 Å². The number of alkyl halides is 1. The standard InChI is InChI=1S/C17H21ClN2O/c1-21-15-7-6-13-8-10-19-17(16(13)12-15)20-11-3-5-14(20)4-2-9-18/h6-8,10,12,14H,2-5,9,11H2,1H3. The third kappa shape index (κ3) is 2.93. The molecule has 0 N–H and O–H groups in total. The first-order valence-corrected chi connectivity index (χ1v) is 8.12. The van der Waals surface area contributed by atoms with Gasteiger partial charge in [0.25, 0.3) is 0 Å². The van der Waals surface area contributed by atoms with Crippen LogP contribution in [0.3, 0.4) is 0 Å². The fourth-order valence-electron chi connectivity index (χ4n) is 3.22. The van der Waals surface area contributed by atoms with Crippen LogP contribution >= 0.6 is 11.6 Å². The van der Waals surface area contributed by atoms with Crippen molar-refractivity contribution < 1.29 is 4.74 Å². The van der Waals surface area contributed by atoms with E-state index in [1.165, 1.54) is 23.6 Å². The van der Waals surface area contributed by atoms with Crippen molar-refractivity contribution in [3.8, 4) is 5.75 Å². The van der Waals surface area contributed by atoms with Crippen LogP contribution in [-0.4, -0.2) is 30.6 Å². The quantitative estimate of drug-likeness (QED) is 0.773. The Labute approximate surface area is 130 Å². The molecule has 0 saturated carbocycles. The number of anilines is 1. The average molecular weight is 305 g/mol. The molecule has 2 aromatic rings. The highest BCUT2D eigenvalue weighted by Crippen LogP contribution is 2.33. The zero-order valence-electron chi connectivity index (χ0n) is 12.4. The molecular weight excluding hydrogens is 284 g/mol. The molecule has 1 aromatic carbocycles. The molecule has 3 nitrogen and oxygen atoms in total. The summed E-state index contributed by atoms with van der Waals surface area (Å²) in [6.07, 6.45) is 6.58. The number of pyridine rings is 1. The summed E-state index contributed by atoms with van der Waals surface area (Å²) in [6.45, 7) is 1.08. The van der Waals surface area contributed by atoms with E-state index in [1.807, 2.05) is 12.3 Å². The van der Waals surface area contributed by atoms with E-state index < -0.39 is 0 Å². The van der Waals surface area contributed by atoms with E-state index >= 15 is 0 Å². The molecular formula is C17H21ClN2O. The lowest BCUT2D eigenvalue weighted by atomic mass is 10.1. The van der Waals surface area contributed by atoms with Crippen LogP contribution in [0.1, 0.15) is 25.7 Å². The molecule has 3 rings (SSSR count). The molecule has 0 spiro atoms. The van der Waals surface area contributed by atoms with Crippen LogP contribution < -0.4 is 9.64 Å². The molecule has 112 valence electrons. The van der Waals surface area contributed by atoms with Gasteiger partial charge in [0.15, 0.2) is 0 Å². The van der Waals surface area contributed by atoms with Gasteiger partial charge < -0.3 is 9.64 Å². The van der Waals surface area contributed by atoms with Crippen LogP contribution in [0.25, 0.3) is 10.8 Å². The Morgan fingerprint density at radius 2 is 2.29 bits per heavy atom. The first kappa shape index (κ1) is 14.5. The molecule has 1 saturated heterocycles. The highest BCUT2D eigenvalue weighted by Gasteiger charge is 2.26. The van der Waals surface area contributed by atoms with Gasteiger partial charge in [-0.2, -0.15) is 0 Å². The van der Waals surface area contributed by atoms with Crippen molar-refractivity contribution in [2.45, 2.75) is 31.7 Å². The Kier molecular flexibility index (Phi) is 4.49. The second kappa shape index (κ2) is 6.52. The van der Waals surface area contributed by atoms with Crippen LogP contribution in [-0.2, 0) is 0 Å². The van der Waals surface area contributed by atoms with Crippen molar-refractivity contribution in [1.82, 2.24) is 4.98 Å². The highest BCUT2D eigenvalue weighted by molar-refractivity contribution is 6.17. The van der Waals surface area contributed by atoms with Crippen LogP contribution in [0.15, 0.2) is 30.5 Å². The van der Waals surface area contributed by atoms with E-state index in [9.17, 15) is 0 Å². The third-order valence-corrected chi connectivity index (χ3v) is 4.54. The summed E-state index contributed by atoms with van der Waals surface area (Å²) < 4.78 is 5.37. The predicted molar refractivity (Wildman–Crippen MR) is 88.6 cm³/mol. The molecule has 1 unspecified atom stereocenters. The van der Waals surface area contributed by atoms with Crippen LogP contribution in [0.5, 0.6) is 5.75 Å². The molecule has 0 amide bonds. The van der Waals surface area contributed by atoms with Gasteiger partial charge in [0.1, 0.15) is 11.6 Å². The van der Waals surface area contributed by atoms with E-state index in [0.717, 1.165) is 36.8 Å². The lowest BCUT2D eigenvalue weighted by molar-refractivity contribution is 0.415. The lowest BCUT2D eigenvalue weighted by Gasteiger charge is -2.27. The van der Waals surface area contributed by atoms with Crippen LogP contribution in [0.2, 0.25) is 0 Å². The SMILES string of the molecule is COc1ccc2ccnc(N3CCCC3CCCCl)c2c1. The van der Waals surface area contributed by atoms with Crippen LogP contribution in [0.4, 0.5) is 5.82 Å². The van der Waals surface area contributed by atoms with E-state index in [1.54, 1.807) is 7.11 Å². The van der Waals surface area contributed by atoms with Crippen molar-refractivity contribution in [3.05, 3.63) is 30.5 Å². The van der Waals surface area contributed by atoms with Gasteiger partial charge in [0.05, 0.1) is 7.11 Å². The van der Waals surface area contributed by atoms with Gasteiger partial charge in [-0.25, -0.2) is 4.98 Å². The van der Waals surface area contributed by atoms with Crippen molar-refractivity contribution >= 4 is 28.2 Å². The predicted octanol–water partition coefficient (Wildman–Crippen LogP) is 4.23. The maximum atomic E-state index is 5.86. The Morgan fingerprint density at radius 3 is 3.10 bits per heavy atom. The molecule has 1 aromatic heterocycles. The topological polar surface area (TPSA) is 25.4 Å². The zero-order chi connectivity index (χ0) is 14.7. The Bertz CT molecular complexity index is 617. The number of aromatic nitrogens is 1. The third-order valence-electron chi connectivity index (χ3n) is 4.27. The summed E-state index contributed by atoms with van der Waals surface area (Å²) >= 11 is 5.86. The number of hydrogen-bond donors (Lipinski definition) is 0. The Hall–Kier alpha value is -1.48. The smallest absolute Gasteiger partial charge is 0.136 e.